The molecule has 0 saturated heterocycles. The summed E-state index contributed by atoms with van der Waals surface area (Å²) in [5.74, 6) is 1.12. The molecule has 6 heteroatoms. The first kappa shape index (κ1) is 22.6. The summed E-state index contributed by atoms with van der Waals surface area (Å²) in [5, 5.41) is 2.80. The van der Waals surface area contributed by atoms with Gasteiger partial charge in [-0.3, -0.25) is 4.79 Å². The summed E-state index contributed by atoms with van der Waals surface area (Å²) in [6, 6.07) is 17.1. The Hall–Kier alpha value is -4.06. The van der Waals surface area contributed by atoms with Gasteiger partial charge < -0.3 is 19.5 Å². The van der Waals surface area contributed by atoms with E-state index in [1.807, 2.05) is 48.6 Å². The summed E-state index contributed by atoms with van der Waals surface area (Å²) < 4.78 is 29.0. The summed E-state index contributed by atoms with van der Waals surface area (Å²) in [4.78, 5) is 12.1. The van der Waals surface area contributed by atoms with Crippen molar-refractivity contribution in [3.8, 4) is 17.2 Å². The Balaban J connectivity index is 1.65. The van der Waals surface area contributed by atoms with Crippen LogP contribution in [0.5, 0.6) is 17.2 Å². The number of benzene rings is 3. The Bertz CT molecular complexity index is 1090. The molecule has 1 N–H and O–H groups in total. The van der Waals surface area contributed by atoms with Gasteiger partial charge in [0.1, 0.15) is 5.82 Å². The number of halogens is 1. The van der Waals surface area contributed by atoms with Crippen LogP contribution in [-0.4, -0.2) is 27.2 Å². The van der Waals surface area contributed by atoms with Gasteiger partial charge in [-0.25, -0.2) is 4.39 Å². The van der Waals surface area contributed by atoms with Gasteiger partial charge in [0.15, 0.2) is 11.5 Å². The van der Waals surface area contributed by atoms with Crippen molar-refractivity contribution in [2.75, 3.05) is 26.6 Å². The van der Waals surface area contributed by atoms with Crippen molar-refractivity contribution in [3.05, 3.63) is 89.2 Å². The molecule has 3 aromatic rings. The van der Waals surface area contributed by atoms with Crippen LogP contribution in [0.25, 0.3) is 18.2 Å². The molecule has 0 bridgehead atoms. The molecule has 0 aromatic heterocycles. The molecule has 0 aliphatic rings. The standard InChI is InChI=1S/C26H24FNO4/c1-30-23-16-20(17-24(31-2)26(23)32-3)5-4-18-8-13-22(14-9-18)28-25(29)15-10-19-6-11-21(27)12-7-19/h4-17H,1-3H3,(H,28,29)/b5-4+,15-10+. The highest BCUT2D eigenvalue weighted by atomic mass is 19.1. The number of hydrogen-bond donors (Lipinski definition) is 1. The highest BCUT2D eigenvalue weighted by Crippen LogP contribution is 2.38. The molecule has 0 atom stereocenters. The van der Waals surface area contributed by atoms with E-state index in [9.17, 15) is 9.18 Å². The van der Waals surface area contributed by atoms with E-state index in [2.05, 4.69) is 5.32 Å². The molecule has 32 heavy (non-hydrogen) atoms. The van der Waals surface area contributed by atoms with Crippen molar-refractivity contribution >= 4 is 29.8 Å². The van der Waals surface area contributed by atoms with Crippen LogP contribution in [0.3, 0.4) is 0 Å². The van der Waals surface area contributed by atoms with Crippen LogP contribution in [0.15, 0.2) is 66.7 Å². The van der Waals surface area contributed by atoms with Gasteiger partial charge in [-0.1, -0.05) is 36.4 Å². The number of rotatable bonds is 8. The monoisotopic (exact) mass is 433 g/mol. The predicted octanol–water partition coefficient (Wildman–Crippen LogP) is 5.67. The number of methoxy groups -OCH3 is 3. The Labute approximate surface area is 186 Å². The van der Waals surface area contributed by atoms with E-state index in [0.717, 1.165) is 16.7 Å². The number of nitrogens with one attached hydrogen (secondary N) is 1. The van der Waals surface area contributed by atoms with Crippen LogP contribution in [0.4, 0.5) is 10.1 Å². The summed E-state index contributed by atoms with van der Waals surface area (Å²) in [6.07, 6.45) is 6.92. The fourth-order valence-electron chi connectivity index (χ4n) is 3.00. The first-order valence-corrected chi connectivity index (χ1v) is 9.85. The second-order valence-corrected chi connectivity index (χ2v) is 6.79. The SMILES string of the molecule is COc1cc(/C=C/c2ccc(NC(=O)/C=C/c3ccc(F)cc3)cc2)cc(OC)c1OC. The molecule has 1 amide bonds. The zero-order valence-corrected chi connectivity index (χ0v) is 18.1. The van der Waals surface area contributed by atoms with E-state index in [4.69, 9.17) is 14.2 Å². The fourth-order valence-corrected chi connectivity index (χ4v) is 3.00. The number of carbonyl (C=O) groups excluding carboxylic acids is 1. The van der Waals surface area contributed by atoms with Gasteiger partial charge >= 0.3 is 0 Å². The third-order valence-corrected chi connectivity index (χ3v) is 4.63. The van der Waals surface area contributed by atoms with Crippen molar-refractivity contribution in [2.45, 2.75) is 0 Å². The highest BCUT2D eigenvalue weighted by Gasteiger charge is 2.11. The lowest BCUT2D eigenvalue weighted by Gasteiger charge is -2.12. The Kier molecular flexibility index (Phi) is 7.65. The van der Waals surface area contributed by atoms with Gasteiger partial charge in [-0.05, 0) is 59.2 Å². The van der Waals surface area contributed by atoms with E-state index in [0.29, 0.717) is 22.9 Å². The summed E-state index contributed by atoms with van der Waals surface area (Å²) >= 11 is 0. The second-order valence-electron chi connectivity index (χ2n) is 6.79. The summed E-state index contributed by atoms with van der Waals surface area (Å²) in [7, 11) is 4.72. The van der Waals surface area contributed by atoms with Crippen molar-refractivity contribution in [2.24, 2.45) is 0 Å². The van der Waals surface area contributed by atoms with Gasteiger partial charge in [0.2, 0.25) is 11.7 Å². The molecule has 0 fully saturated rings. The number of hydrogen-bond acceptors (Lipinski definition) is 4. The first-order valence-electron chi connectivity index (χ1n) is 9.85. The van der Waals surface area contributed by atoms with Gasteiger partial charge in [-0.15, -0.1) is 0 Å². The quantitative estimate of drug-likeness (QED) is 0.367. The Morgan fingerprint density at radius 2 is 1.28 bits per heavy atom. The summed E-state index contributed by atoms with van der Waals surface area (Å²) in [5.41, 5.74) is 3.26. The van der Waals surface area contributed by atoms with Gasteiger partial charge in [0.25, 0.3) is 0 Å². The minimum atomic E-state index is -0.314. The maximum atomic E-state index is 12.9. The molecule has 0 aliphatic heterocycles. The largest absolute Gasteiger partial charge is 0.493 e. The molecular weight excluding hydrogens is 409 g/mol. The average Bonchev–Trinajstić information content (AvgIpc) is 2.82. The van der Waals surface area contributed by atoms with Gasteiger partial charge in [0.05, 0.1) is 21.3 Å². The number of anilines is 1. The zero-order valence-electron chi connectivity index (χ0n) is 18.1. The zero-order chi connectivity index (χ0) is 22.9. The molecule has 164 valence electrons. The van der Waals surface area contributed by atoms with Crippen LogP contribution < -0.4 is 19.5 Å². The molecule has 0 unspecified atom stereocenters. The topological polar surface area (TPSA) is 56.8 Å². The second kappa shape index (κ2) is 10.8. The van der Waals surface area contributed by atoms with E-state index >= 15 is 0 Å². The molecule has 3 aromatic carbocycles. The Morgan fingerprint density at radius 3 is 1.84 bits per heavy atom. The maximum absolute atomic E-state index is 12.9. The third kappa shape index (κ3) is 5.98. The lowest BCUT2D eigenvalue weighted by molar-refractivity contribution is -0.111. The lowest BCUT2D eigenvalue weighted by atomic mass is 10.1. The van der Waals surface area contributed by atoms with Crippen molar-refractivity contribution in [1.82, 2.24) is 0 Å². The van der Waals surface area contributed by atoms with Crippen LogP contribution in [0.1, 0.15) is 16.7 Å². The smallest absolute Gasteiger partial charge is 0.248 e. The van der Waals surface area contributed by atoms with Crippen LogP contribution >= 0.6 is 0 Å². The number of carbonyl (C=O) groups is 1. The van der Waals surface area contributed by atoms with E-state index in [1.54, 1.807) is 39.5 Å². The van der Waals surface area contributed by atoms with Crippen molar-refractivity contribution < 1.29 is 23.4 Å². The van der Waals surface area contributed by atoms with Crippen molar-refractivity contribution in [3.63, 3.8) is 0 Å². The van der Waals surface area contributed by atoms with Crippen molar-refractivity contribution in [1.29, 1.82) is 0 Å². The summed E-state index contributed by atoms with van der Waals surface area (Å²) in [6.45, 7) is 0. The van der Waals surface area contributed by atoms with E-state index in [-0.39, 0.29) is 11.7 Å². The lowest BCUT2D eigenvalue weighted by Crippen LogP contribution is -2.07. The van der Waals surface area contributed by atoms with Gasteiger partial charge in [0, 0.05) is 11.8 Å². The average molecular weight is 433 g/mol. The van der Waals surface area contributed by atoms with Crippen LogP contribution in [-0.2, 0) is 4.79 Å². The third-order valence-electron chi connectivity index (χ3n) is 4.63. The molecule has 5 nitrogen and oxygen atoms in total. The predicted molar refractivity (Wildman–Crippen MR) is 126 cm³/mol. The maximum Gasteiger partial charge on any atom is 0.248 e. The van der Waals surface area contributed by atoms with Gasteiger partial charge in [-0.2, -0.15) is 0 Å². The molecular formula is C26H24FNO4. The molecule has 0 heterocycles. The fraction of sp³-hybridized carbons (Fsp3) is 0.115. The first-order chi connectivity index (χ1) is 15.5. The molecule has 0 saturated carbocycles. The minimum absolute atomic E-state index is 0.268. The van der Waals surface area contributed by atoms with Crippen LogP contribution in [0.2, 0.25) is 0 Å². The normalized spacial score (nSPS) is 11.0. The molecule has 3 rings (SSSR count). The molecule has 0 radical (unpaired) electrons. The van der Waals surface area contributed by atoms with E-state index < -0.39 is 0 Å². The van der Waals surface area contributed by atoms with E-state index in [1.165, 1.54) is 18.2 Å². The molecule has 0 spiro atoms. The molecule has 0 aliphatic carbocycles. The van der Waals surface area contributed by atoms with Crippen LogP contribution in [0, 0.1) is 5.82 Å². The Morgan fingerprint density at radius 1 is 0.750 bits per heavy atom. The minimum Gasteiger partial charge on any atom is -0.493 e. The highest BCUT2D eigenvalue weighted by molar-refractivity contribution is 6.02. The number of amides is 1. The number of ether oxygens (including phenoxy) is 3.